The summed E-state index contributed by atoms with van der Waals surface area (Å²) in [5.41, 5.74) is 0. The van der Waals surface area contributed by atoms with E-state index in [4.69, 9.17) is 0 Å². The van der Waals surface area contributed by atoms with Crippen molar-refractivity contribution in [1.82, 2.24) is 5.32 Å². The normalized spacial score (nSPS) is 13.8. The summed E-state index contributed by atoms with van der Waals surface area (Å²) < 4.78 is 22.3. The van der Waals surface area contributed by atoms with Gasteiger partial charge in [-0.2, -0.15) is 0 Å². The Morgan fingerprint density at radius 2 is 1.93 bits per heavy atom. The maximum atomic E-state index is 11.5. The van der Waals surface area contributed by atoms with Crippen molar-refractivity contribution in [1.29, 1.82) is 0 Å². The third-order valence-corrected chi connectivity index (χ3v) is 4.06. The van der Waals surface area contributed by atoms with E-state index in [0.29, 0.717) is 6.54 Å². The van der Waals surface area contributed by atoms with Crippen LogP contribution in [-0.4, -0.2) is 38.8 Å². The third kappa shape index (κ3) is 6.62. The average Bonchev–Trinajstić information content (AvgIpc) is 2.22. The Hall–Kier alpha value is -0.420. The van der Waals surface area contributed by atoms with Crippen molar-refractivity contribution in [2.75, 3.05) is 24.6 Å². The monoisotopic (exact) mass is 235 g/mol. The second-order valence-electron chi connectivity index (χ2n) is 3.66. The Bertz CT molecular complexity index is 285. The molecule has 15 heavy (non-hydrogen) atoms. The van der Waals surface area contributed by atoms with E-state index in [1.165, 1.54) is 0 Å². The highest BCUT2D eigenvalue weighted by Gasteiger charge is 2.15. The number of hydrogen-bond acceptors (Lipinski definition) is 4. The van der Waals surface area contributed by atoms with E-state index in [0.717, 1.165) is 6.54 Å². The summed E-state index contributed by atoms with van der Waals surface area (Å²) in [4.78, 5) is 11.5. The number of sulfone groups is 1. The molecular weight excluding hydrogens is 214 g/mol. The lowest BCUT2D eigenvalue weighted by Crippen LogP contribution is -2.27. The van der Waals surface area contributed by atoms with Gasteiger partial charge in [0.2, 0.25) is 0 Å². The van der Waals surface area contributed by atoms with E-state index < -0.39 is 9.84 Å². The first-order valence-corrected chi connectivity index (χ1v) is 7.19. The first kappa shape index (κ1) is 14.6. The summed E-state index contributed by atoms with van der Waals surface area (Å²) in [6.07, 6.45) is 0.142. The molecule has 0 fully saturated rings. The molecule has 0 saturated heterocycles. The van der Waals surface area contributed by atoms with Gasteiger partial charge in [0.15, 0.2) is 0 Å². The number of rotatable bonds is 8. The van der Waals surface area contributed by atoms with Gasteiger partial charge in [-0.15, -0.1) is 0 Å². The second-order valence-corrected chi connectivity index (χ2v) is 6.13. The lowest BCUT2D eigenvalue weighted by molar-refractivity contribution is -0.121. The molecule has 0 saturated carbocycles. The van der Waals surface area contributed by atoms with Crippen LogP contribution in [0.2, 0.25) is 0 Å². The van der Waals surface area contributed by atoms with Gasteiger partial charge < -0.3 is 5.32 Å². The number of carbonyl (C=O) groups is 1. The summed E-state index contributed by atoms with van der Waals surface area (Å²) in [5, 5.41) is 3.07. The zero-order valence-electron chi connectivity index (χ0n) is 9.75. The second kappa shape index (κ2) is 6.95. The molecule has 4 nitrogen and oxygen atoms in total. The lowest BCUT2D eigenvalue weighted by Gasteiger charge is -2.10. The quantitative estimate of drug-likeness (QED) is 0.670. The van der Waals surface area contributed by atoms with E-state index >= 15 is 0 Å². The van der Waals surface area contributed by atoms with E-state index in [1.54, 1.807) is 6.92 Å². The molecule has 1 N–H and O–H groups in total. The molecule has 90 valence electrons. The maximum absolute atomic E-state index is 11.5. The fourth-order valence-corrected chi connectivity index (χ4v) is 1.92. The van der Waals surface area contributed by atoms with Crippen LogP contribution in [0.5, 0.6) is 0 Å². The molecular formula is C10H21NO3S. The summed E-state index contributed by atoms with van der Waals surface area (Å²) >= 11 is 0. The Morgan fingerprint density at radius 3 is 2.40 bits per heavy atom. The van der Waals surface area contributed by atoms with Crippen LogP contribution in [-0.2, 0) is 14.6 Å². The van der Waals surface area contributed by atoms with E-state index in [-0.39, 0.29) is 29.6 Å². The molecule has 1 unspecified atom stereocenters. The van der Waals surface area contributed by atoms with Crippen molar-refractivity contribution < 1.29 is 13.2 Å². The molecule has 0 radical (unpaired) electrons. The van der Waals surface area contributed by atoms with E-state index in [2.05, 4.69) is 5.32 Å². The number of ketones is 1. The first-order valence-electron chi connectivity index (χ1n) is 5.36. The predicted octanol–water partition coefficient (Wildman–Crippen LogP) is 0.626. The Morgan fingerprint density at radius 1 is 1.33 bits per heavy atom. The zero-order valence-corrected chi connectivity index (χ0v) is 10.6. The zero-order chi connectivity index (χ0) is 11.9. The van der Waals surface area contributed by atoms with Gasteiger partial charge in [0.25, 0.3) is 0 Å². The highest BCUT2D eigenvalue weighted by Crippen LogP contribution is 2.02. The number of Topliss-reactive ketones (excluding diaryl/α,β-unsaturated/α-hetero) is 1. The number of hydrogen-bond donors (Lipinski definition) is 1. The molecule has 0 rings (SSSR count). The van der Waals surface area contributed by atoms with Crippen molar-refractivity contribution >= 4 is 15.6 Å². The minimum absolute atomic E-state index is 0.0151. The molecule has 0 aromatic carbocycles. The maximum Gasteiger partial charge on any atom is 0.150 e. The van der Waals surface area contributed by atoms with Crippen LogP contribution in [0.4, 0.5) is 0 Å². The Kier molecular flexibility index (Phi) is 6.76. The number of carbonyl (C=O) groups excluding carboxylic acids is 1. The molecule has 0 aliphatic rings. The molecule has 0 aromatic heterocycles. The molecule has 0 bridgehead atoms. The standard InChI is InChI=1S/C10H21NO3S/c1-4-11-8-9(3)10(12)6-7-15(13,14)5-2/h9,11H,4-8H2,1-3H3. The van der Waals surface area contributed by atoms with Gasteiger partial charge in [-0.1, -0.05) is 20.8 Å². The van der Waals surface area contributed by atoms with Gasteiger partial charge in [0.05, 0.1) is 5.75 Å². The Balaban J connectivity index is 3.93. The van der Waals surface area contributed by atoms with Gasteiger partial charge in [-0.05, 0) is 6.54 Å². The molecule has 0 aliphatic heterocycles. The predicted molar refractivity (Wildman–Crippen MR) is 61.7 cm³/mol. The molecule has 0 aromatic rings. The summed E-state index contributed by atoms with van der Waals surface area (Å²) in [6.45, 7) is 6.84. The first-order chi connectivity index (χ1) is 6.93. The molecule has 0 amide bonds. The van der Waals surface area contributed by atoms with E-state index in [9.17, 15) is 13.2 Å². The van der Waals surface area contributed by atoms with Gasteiger partial charge in [-0.25, -0.2) is 8.42 Å². The minimum Gasteiger partial charge on any atom is -0.316 e. The van der Waals surface area contributed by atoms with Crippen LogP contribution in [0.15, 0.2) is 0 Å². The van der Waals surface area contributed by atoms with Crippen LogP contribution in [0.1, 0.15) is 27.2 Å². The smallest absolute Gasteiger partial charge is 0.150 e. The van der Waals surface area contributed by atoms with Crippen molar-refractivity contribution in [2.24, 2.45) is 5.92 Å². The Labute approximate surface area is 92.4 Å². The molecule has 0 aliphatic carbocycles. The van der Waals surface area contributed by atoms with Gasteiger partial charge in [0.1, 0.15) is 15.6 Å². The lowest BCUT2D eigenvalue weighted by atomic mass is 10.1. The van der Waals surface area contributed by atoms with Gasteiger partial charge >= 0.3 is 0 Å². The van der Waals surface area contributed by atoms with Crippen molar-refractivity contribution in [3.63, 3.8) is 0 Å². The summed E-state index contributed by atoms with van der Waals surface area (Å²) in [7, 11) is -3.01. The third-order valence-electron chi connectivity index (χ3n) is 2.35. The fraction of sp³-hybridized carbons (Fsp3) is 0.900. The number of nitrogens with one attached hydrogen (secondary N) is 1. The van der Waals surface area contributed by atoms with Crippen LogP contribution in [0.3, 0.4) is 0 Å². The van der Waals surface area contributed by atoms with E-state index in [1.807, 2.05) is 13.8 Å². The van der Waals surface area contributed by atoms with Crippen LogP contribution in [0.25, 0.3) is 0 Å². The average molecular weight is 235 g/mol. The van der Waals surface area contributed by atoms with Gasteiger partial charge in [-0.3, -0.25) is 4.79 Å². The molecule has 1 atom stereocenters. The van der Waals surface area contributed by atoms with Crippen molar-refractivity contribution in [2.45, 2.75) is 27.2 Å². The fourth-order valence-electron chi connectivity index (χ4n) is 1.12. The van der Waals surface area contributed by atoms with Crippen LogP contribution in [0, 0.1) is 5.92 Å². The van der Waals surface area contributed by atoms with Crippen LogP contribution >= 0.6 is 0 Å². The molecule has 0 heterocycles. The highest BCUT2D eigenvalue weighted by atomic mass is 32.2. The van der Waals surface area contributed by atoms with Crippen molar-refractivity contribution in [3.8, 4) is 0 Å². The minimum atomic E-state index is -3.01. The molecule has 0 spiro atoms. The summed E-state index contributed by atoms with van der Waals surface area (Å²) in [5.74, 6) is 0.0192. The topological polar surface area (TPSA) is 63.2 Å². The molecule has 5 heteroatoms. The summed E-state index contributed by atoms with van der Waals surface area (Å²) in [6, 6.07) is 0. The highest BCUT2D eigenvalue weighted by molar-refractivity contribution is 7.91. The largest absolute Gasteiger partial charge is 0.316 e. The van der Waals surface area contributed by atoms with Crippen LogP contribution < -0.4 is 5.32 Å². The van der Waals surface area contributed by atoms with Gasteiger partial charge in [0, 0.05) is 24.6 Å². The van der Waals surface area contributed by atoms with Crippen molar-refractivity contribution in [3.05, 3.63) is 0 Å². The SMILES string of the molecule is CCNCC(C)C(=O)CCS(=O)(=O)CC.